The molecule has 2 aliphatic rings. The van der Waals surface area contributed by atoms with Crippen molar-refractivity contribution in [3.63, 3.8) is 0 Å². The minimum atomic E-state index is 0.102. The molecule has 1 saturated heterocycles. The van der Waals surface area contributed by atoms with Gasteiger partial charge in [-0.2, -0.15) is 0 Å². The minimum Gasteiger partial charge on any atom is -0.376 e. The molecule has 122 valence electrons. The minimum absolute atomic E-state index is 0.102. The van der Waals surface area contributed by atoms with E-state index in [-0.39, 0.29) is 18.1 Å². The monoisotopic (exact) mass is 296 g/mol. The normalized spacial score (nSPS) is 31.1. The van der Waals surface area contributed by atoms with Gasteiger partial charge in [0, 0.05) is 31.7 Å². The van der Waals surface area contributed by atoms with E-state index < -0.39 is 0 Å². The first-order chi connectivity index (χ1) is 10.1. The zero-order valence-electron chi connectivity index (χ0n) is 13.7. The SMILES string of the molecule is CC(N)CCC(=O)N(CC1CCCO1)C1CCC(C)CC1. The Morgan fingerprint density at radius 1 is 1.29 bits per heavy atom. The number of amides is 1. The summed E-state index contributed by atoms with van der Waals surface area (Å²) in [5, 5.41) is 0. The van der Waals surface area contributed by atoms with Crippen molar-refractivity contribution in [1.29, 1.82) is 0 Å². The highest BCUT2D eigenvalue weighted by atomic mass is 16.5. The zero-order chi connectivity index (χ0) is 15.2. The lowest BCUT2D eigenvalue weighted by atomic mass is 9.86. The molecule has 0 bridgehead atoms. The predicted molar refractivity (Wildman–Crippen MR) is 85.0 cm³/mol. The second-order valence-corrected chi connectivity index (χ2v) is 7.11. The Balaban J connectivity index is 1.93. The number of hydrogen-bond acceptors (Lipinski definition) is 3. The van der Waals surface area contributed by atoms with E-state index in [1.807, 2.05) is 6.92 Å². The van der Waals surface area contributed by atoms with Crippen LogP contribution in [0.1, 0.15) is 65.2 Å². The first-order valence-corrected chi connectivity index (χ1v) is 8.73. The highest BCUT2D eigenvalue weighted by molar-refractivity contribution is 5.76. The van der Waals surface area contributed by atoms with Crippen molar-refractivity contribution in [1.82, 2.24) is 4.90 Å². The van der Waals surface area contributed by atoms with Gasteiger partial charge in [0.25, 0.3) is 0 Å². The summed E-state index contributed by atoms with van der Waals surface area (Å²) < 4.78 is 5.75. The fourth-order valence-electron chi connectivity index (χ4n) is 3.51. The lowest BCUT2D eigenvalue weighted by molar-refractivity contribution is -0.136. The van der Waals surface area contributed by atoms with Crippen LogP contribution in [0.3, 0.4) is 0 Å². The second kappa shape index (κ2) is 8.14. The number of nitrogens with zero attached hydrogens (tertiary/aromatic N) is 1. The molecular formula is C17H32N2O2. The Kier molecular flexibility index (Phi) is 6.49. The summed E-state index contributed by atoms with van der Waals surface area (Å²) in [5.74, 6) is 1.09. The van der Waals surface area contributed by atoms with Gasteiger partial charge >= 0.3 is 0 Å². The molecule has 1 aliphatic carbocycles. The smallest absolute Gasteiger partial charge is 0.222 e. The van der Waals surface area contributed by atoms with Crippen molar-refractivity contribution < 1.29 is 9.53 Å². The van der Waals surface area contributed by atoms with Crippen molar-refractivity contribution >= 4 is 5.91 Å². The molecule has 0 aromatic rings. The second-order valence-electron chi connectivity index (χ2n) is 7.11. The van der Waals surface area contributed by atoms with Crippen molar-refractivity contribution in [2.75, 3.05) is 13.2 Å². The number of ether oxygens (including phenoxy) is 1. The Hall–Kier alpha value is -0.610. The molecule has 2 atom stereocenters. The average Bonchev–Trinajstić information content (AvgIpc) is 2.96. The molecule has 21 heavy (non-hydrogen) atoms. The third kappa shape index (κ3) is 5.26. The molecular weight excluding hydrogens is 264 g/mol. The van der Waals surface area contributed by atoms with E-state index in [4.69, 9.17) is 10.5 Å². The van der Waals surface area contributed by atoms with Gasteiger partial charge in [-0.1, -0.05) is 6.92 Å². The van der Waals surface area contributed by atoms with Crippen LogP contribution in [-0.4, -0.2) is 42.1 Å². The molecule has 1 saturated carbocycles. The summed E-state index contributed by atoms with van der Waals surface area (Å²) >= 11 is 0. The summed E-state index contributed by atoms with van der Waals surface area (Å²) in [6.45, 7) is 5.93. The van der Waals surface area contributed by atoms with Crippen LogP contribution in [0.4, 0.5) is 0 Å². The first-order valence-electron chi connectivity index (χ1n) is 8.73. The van der Waals surface area contributed by atoms with Gasteiger partial charge in [0.05, 0.1) is 6.10 Å². The van der Waals surface area contributed by atoms with Gasteiger partial charge < -0.3 is 15.4 Å². The lowest BCUT2D eigenvalue weighted by Gasteiger charge is -2.37. The molecule has 4 nitrogen and oxygen atoms in total. The number of carbonyl (C=O) groups excluding carboxylic acids is 1. The van der Waals surface area contributed by atoms with E-state index in [0.717, 1.165) is 51.2 Å². The van der Waals surface area contributed by atoms with Crippen LogP contribution in [0.25, 0.3) is 0 Å². The molecule has 1 amide bonds. The van der Waals surface area contributed by atoms with Gasteiger partial charge in [-0.3, -0.25) is 4.79 Å². The van der Waals surface area contributed by atoms with Crippen molar-refractivity contribution in [2.45, 2.75) is 83.4 Å². The Bertz CT molecular complexity index is 319. The number of hydrogen-bond donors (Lipinski definition) is 1. The summed E-state index contributed by atoms with van der Waals surface area (Å²) in [7, 11) is 0. The molecule has 2 N–H and O–H groups in total. The molecule has 0 aromatic carbocycles. The van der Waals surface area contributed by atoms with Crippen LogP contribution in [-0.2, 0) is 9.53 Å². The maximum absolute atomic E-state index is 12.6. The molecule has 0 aromatic heterocycles. The van der Waals surface area contributed by atoms with Gasteiger partial charge in [-0.15, -0.1) is 0 Å². The van der Waals surface area contributed by atoms with Gasteiger partial charge in [0.2, 0.25) is 5.91 Å². The van der Waals surface area contributed by atoms with Crippen LogP contribution in [0.15, 0.2) is 0 Å². The molecule has 1 heterocycles. The highest BCUT2D eigenvalue weighted by Crippen LogP contribution is 2.28. The third-order valence-electron chi connectivity index (χ3n) is 4.98. The van der Waals surface area contributed by atoms with Crippen LogP contribution in [0.2, 0.25) is 0 Å². The van der Waals surface area contributed by atoms with Gasteiger partial charge in [-0.25, -0.2) is 0 Å². The van der Waals surface area contributed by atoms with Crippen LogP contribution >= 0.6 is 0 Å². The molecule has 1 aliphatic heterocycles. The quantitative estimate of drug-likeness (QED) is 0.820. The number of nitrogens with two attached hydrogens (primary N) is 1. The van der Waals surface area contributed by atoms with Crippen LogP contribution in [0.5, 0.6) is 0 Å². The maximum atomic E-state index is 12.6. The van der Waals surface area contributed by atoms with Gasteiger partial charge in [0.15, 0.2) is 0 Å². The van der Waals surface area contributed by atoms with Gasteiger partial charge in [-0.05, 0) is 57.8 Å². The Labute approximate surface area is 129 Å². The van der Waals surface area contributed by atoms with E-state index in [1.165, 1.54) is 12.8 Å². The fourth-order valence-corrected chi connectivity index (χ4v) is 3.51. The number of rotatable bonds is 6. The first kappa shape index (κ1) is 16.8. The summed E-state index contributed by atoms with van der Waals surface area (Å²) in [5.41, 5.74) is 5.81. The molecule has 0 spiro atoms. The molecule has 2 unspecified atom stereocenters. The van der Waals surface area contributed by atoms with Crippen molar-refractivity contribution in [2.24, 2.45) is 11.7 Å². The van der Waals surface area contributed by atoms with E-state index in [0.29, 0.717) is 12.5 Å². The van der Waals surface area contributed by atoms with E-state index in [1.54, 1.807) is 0 Å². The predicted octanol–water partition coefficient (Wildman–Crippen LogP) is 2.70. The summed E-state index contributed by atoms with van der Waals surface area (Å²) in [6, 6.07) is 0.524. The molecule has 2 rings (SSSR count). The average molecular weight is 296 g/mol. The molecule has 0 radical (unpaired) electrons. The lowest BCUT2D eigenvalue weighted by Crippen LogP contribution is -2.46. The third-order valence-corrected chi connectivity index (χ3v) is 4.98. The molecule has 4 heteroatoms. The maximum Gasteiger partial charge on any atom is 0.222 e. The summed E-state index contributed by atoms with van der Waals surface area (Å²) in [4.78, 5) is 14.8. The Morgan fingerprint density at radius 2 is 2.00 bits per heavy atom. The summed E-state index contributed by atoms with van der Waals surface area (Å²) in [6.07, 6.45) is 8.63. The topological polar surface area (TPSA) is 55.6 Å². The standard InChI is InChI=1S/C17H32N2O2/c1-13-5-8-15(9-6-13)19(12-16-4-3-11-21-16)17(20)10-7-14(2)18/h13-16H,3-12,18H2,1-2H3. The van der Waals surface area contributed by atoms with Gasteiger partial charge in [0.1, 0.15) is 0 Å². The van der Waals surface area contributed by atoms with Crippen LogP contribution < -0.4 is 5.73 Å². The highest BCUT2D eigenvalue weighted by Gasteiger charge is 2.30. The molecule has 2 fully saturated rings. The van der Waals surface area contributed by atoms with Crippen LogP contribution in [0, 0.1) is 5.92 Å². The zero-order valence-corrected chi connectivity index (χ0v) is 13.7. The van der Waals surface area contributed by atoms with E-state index in [9.17, 15) is 4.79 Å². The van der Waals surface area contributed by atoms with Crippen molar-refractivity contribution in [3.8, 4) is 0 Å². The largest absolute Gasteiger partial charge is 0.376 e. The van der Waals surface area contributed by atoms with Crippen molar-refractivity contribution in [3.05, 3.63) is 0 Å². The fraction of sp³-hybridized carbons (Fsp3) is 0.941. The van der Waals surface area contributed by atoms with E-state index >= 15 is 0 Å². The number of carbonyl (C=O) groups is 1. The Morgan fingerprint density at radius 3 is 2.57 bits per heavy atom. The van der Waals surface area contributed by atoms with E-state index in [2.05, 4.69) is 11.8 Å².